The topological polar surface area (TPSA) is 9.23 Å². The predicted octanol–water partition coefficient (Wildman–Crippen LogP) is 4.18. The van der Waals surface area contributed by atoms with E-state index in [-0.39, 0.29) is 0 Å². The van der Waals surface area contributed by atoms with Gasteiger partial charge >= 0.3 is 0 Å². The molecule has 0 unspecified atom stereocenters. The smallest absolute Gasteiger partial charge is 0.249 e. The first-order chi connectivity index (χ1) is 5.67. The van der Waals surface area contributed by atoms with Gasteiger partial charge in [0.15, 0.2) is 0 Å². The van der Waals surface area contributed by atoms with Gasteiger partial charge in [-0.05, 0) is 30.1 Å². The number of allylic oxidation sites excluding steroid dienone is 1. The van der Waals surface area contributed by atoms with Crippen molar-refractivity contribution >= 4 is 8.32 Å². The number of hydrogen-bond acceptors (Lipinski definition) is 1. The van der Waals surface area contributed by atoms with Crippen molar-refractivity contribution in [3.63, 3.8) is 0 Å². The average molecular weight is 200 g/mol. The fourth-order valence-corrected chi connectivity index (χ4v) is 1.32. The molecule has 0 aromatic heterocycles. The normalized spacial score (nSPS) is 14.2. The lowest BCUT2D eigenvalue weighted by Gasteiger charge is -2.35. The van der Waals surface area contributed by atoms with Crippen molar-refractivity contribution in [1.29, 1.82) is 0 Å². The van der Waals surface area contributed by atoms with E-state index in [1.54, 1.807) is 0 Å². The van der Waals surface area contributed by atoms with Crippen LogP contribution in [0, 0.1) is 5.92 Å². The van der Waals surface area contributed by atoms with Gasteiger partial charge in [-0.2, -0.15) is 0 Å². The molecular weight excluding hydrogens is 176 g/mol. The summed E-state index contributed by atoms with van der Waals surface area (Å²) < 4.78 is 5.86. The van der Waals surface area contributed by atoms with E-state index >= 15 is 0 Å². The minimum absolute atomic E-state index is 0.300. The van der Waals surface area contributed by atoms with Crippen molar-refractivity contribution in [3.05, 3.63) is 12.3 Å². The first-order valence-electron chi connectivity index (χ1n) is 5.01. The SMILES string of the molecule is CC(C)/C=C\O[Si](C)(C)C(C)(C)C. The van der Waals surface area contributed by atoms with Crippen LogP contribution < -0.4 is 0 Å². The highest BCUT2D eigenvalue weighted by Gasteiger charge is 2.37. The Morgan fingerprint density at radius 3 is 1.92 bits per heavy atom. The van der Waals surface area contributed by atoms with Gasteiger partial charge in [-0.25, -0.2) is 0 Å². The van der Waals surface area contributed by atoms with E-state index in [1.165, 1.54) is 0 Å². The maximum Gasteiger partial charge on any atom is 0.249 e. The molecule has 0 atom stereocenters. The second-order valence-electron chi connectivity index (χ2n) is 5.45. The highest BCUT2D eigenvalue weighted by molar-refractivity contribution is 6.74. The molecule has 0 fully saturated rings. The molecule has 0 bridgehead atoms. The van der Waals surface area contributed by atoms with Crippen LogP contribution in [0.4, 0.5) is 0 Å². The minimum atomic E-state index is -1.56. The van der Waals surface area contributed by atoms with Gasteiger partial charge in [-0.1, -0.05) is 34.6 Å². The van der Waals surface area contributed by atoms with Gasteiger partial charge in [0.25, 0.3) is 0 Å². The molecule has 2 heteroatoms. The summed E-state index contributed by atoms with van der Waals surface area (Å²) in [6.07, 6.45) is 4.00. The predicted molar refractivity (Wildman–Crippen MR) is 62.3 cm³/mol. The summed E-state index contributed by atoms with van der Waals surface area (Å²) in [4.78, 5) is 0. The molecule has 78 valence electrons. The van der Waals surface area contributed by atoms with Gasteiger partial charge < -0.3 is 4.43 Å². The number of rotatable bonds is 3. The molecular formula is C11H24OSi. The Morgan fingerprint density at radius 1 is 1.15 bits per heavy atom. The fourth-order valence-electron chi connectivity index (χ4n) is 0.543. The third-order valence-electron chi connectivity index (χ3n) is 2.63. The summed E-state index contributed by atoms with van der Waals surface area (Å²) in [7, 11) is -1.56. The van der Waals surface area contributed by atoms with Gasteiger partial charge in [-0.15, -0.1) is 0 Å². The Morgan fingerprint density at radius 2 is 1.62 bits per heavy atom. The van der Waals surface area contributed by atoms with E-state index in [0.29, 0.717) is 11.0 Å². The minimum Gasteiger partial charge on any atom is -0.549 e. The molecule has 0 amide bonds. The van der Waals surface area contributed by atoms with Crippen LogP contribution in [-0.4, -0.2) is 8.32 Å². The third kappa shape index (κ3) is 4.51. The Hall–Kier alpha value is -0.243. The highest BCUT2D eigenvalue weighted by Crippen LogP contribution is 2.36. The zero-order chi connectivity index (χ0) is 10.7. The van der Waals surface area contributed by atoms with Gasteiger partial charge in [-0.3, -0.25) is 0 Å². The highest BCUT2D eigenvalue weighted by atomic mass is 28.4. The molecule has 0 aromatic rings. The van der Waals surface area contributed by atoms with E-state index < -0.39 is 8.32 Å². The first kappa shape index (κ1) is 12.8. The summed E-state index contributed by atoms with van der Waals surface area (Å²) in [6, 6.07) is 0. The molecule has 0 saturated heterocycles. The lowest BCUT2D eigenvalue weighted by Crippen LogP contribution is -2.39. The van der Waals surface area contributed by atoms with Gasteiger partial charge in [0.2, 0.25) is 8.32 Å². The van der Waals surface area contributed by atoms with Crippen LogP contribution in [0.25, 0.3) is 0 Å². The van der Waals surface area contributed by atoms with Crippen LogP contribution in [0.5, 0.6) is 0 Å². The molecule has 13 heavy (non-hydrogen) atoms. The maximum atomic E-state index is 5.86. The van der Waals surface area contributed by atoms with Crippen molar-refractivity contribution in [2.75, 3.05) is 0 Å². The van der Waals surface area contributed by atoms with Crippen molar-refractivity contribution in [2.24, 2.45) is 5.92 Å². The van der Waals surface area contributed by atoms with Crippen LogP contribution in [0.2, 0.25) is 18.1 Å². The average Bonchev–Trinajstić information content (AvgIpc) is 1.82. The summed E-state index contributed by atoms with van der Waals surface area (Å²) in [5.41, 5.74) is 0. The van der Waals surface area contributed by atoms with Gasteiger partial charge in [0.05, 0.1) is 6.26 Å². The summed E-state index contributed by atoms with van der Waals surface area (Å²) in [6.45, 7) is 15.6. The Balaban J connectivity index is 4.20. The van der Waals surface area contributed by atoms with E-state index in [9.17, 15) is 0 Å². The van der Waals surface area contributed by atoms with Gasteiger partial charge in [0, 0.05) is 0 Å². The summed E-state index contributed by atoms with van der Waals surface area (Å²) in [5.74, 6) is 0.574. The largest absolute Gasteiger partial charge is 0.549 e. The maximum absolute atomic E-state index is 5.86. The molecule has 1 nitrogen and oxygen atoms in total. The van der Waals surface area contributed by atoms with Crippen LogP contribution in [-0.2, 0) is 4.43 Å². The second kappa shape index (κ2) is 4.31. The van der Waals surface area contributed by atoms with E-state index in [4.69, 9.17) is 4.43 Å². The van der Waals surface area contributed by atoms with Gasteiger partial charge in [0.1, 0.15) is 0 Å². The van der Waals surface area contributed by atoms with Crippen LogP contribution in [0.3, 0.4) is 0 Å². The number of hydrogen-bond donors (Lipinski definition) is 0. The van der Waals surface area contributed by atoms with E-state index in [1.807, 2.05) is 6.26 Å². The van der Waals surface area contributed by atoms with E-state index in [0.717, 1.165) is 0 Å². The third-order valence-corrected chi connectivity index (χ3v) is 6.97. The molecule has 0 N–H and O–H groups in total. The van der Waals surface area contributed by atoms with E-state index in [2.05, 4.69) is 53.8 Å². The lowest BCUT2D eigenvalue weighted by atomic mass is 10.2. The molecule has 0 aliphatic carbocycles. The summed E-state index contributed by atoms with van der Waals surface area (Å²) in [5, 5.41) is 0.300. The molecule has 0 saturated carbocycles. The molecule has 0 aliphatic heterocycles. The molecule has 0 heterocycles. The standard InChI is InChI=1S/C11H24OSi/c1-10(2)8-9-12-13(6,7)11(3,4)5/h8-10H,1-7H3/b9-8-. The van der Waals surface area contributed by atoms with Crippen molar-refractivity contribution < 1.29 is 4.43 Å². The zero-order valence-corrected chi connectivity index (χ0v) is 11.1. The molecule has 0 aliphatic rings. The monoisotopic (exact) mass is 200 g/mol. The Labute approximate surface area is 84.3 Å². The Kier molecular flexibility index (Phi) is 4.23. The molecule has 0 aromatic carbocycles. The molecule has 0 spiro atoms. The molecule has 0 radical (unpaired) electrons. The lowest BCUT2D eigenvalue weighted by molar-refractivity contribution is 0.426. The second-order valence-corrected chi connectivity index (χ2v) is 10.2. The van der Waals surface area contributed by atoms with Crippen LogP contribution in [0.15, 0.2) is 12.3 Å². The molecule has 0 rings (SSSR count). The van der Waals surface area contributed by atoms with Crippen molar-refractivity contribution in [3.8, 4) is 0 Å². The van der Waals surface area contributed by atoms with Crippen molar-refractivity contribution in [2.45, 2.75) is 52.8 Å². The first-order valence-corrected chi connectivity index (χ1v) is 7.92. The van der Waals surface area contributed by atoms with Crippen molar-refractivity contribution in [1.82, 2.24) is 0 Å². The van der Waals surface area contributed by atoms with Crippen LogP contribution in [0.1, 0.15) is 34.6 Å². The zero-order valence-electron chi connectivity index (χ0n) is 10.1. The quantitative estimate of drug-likeness (QED) is 0.490. The Bertz CT molecular complexity index is 175. The van der Waals surface area contributed by atoms with Crippen LogP contribution >= 0.6 is 0 Å². The fraction of sp³-hybridized carbons (Fsp3) is 0.818. The summed E-state index contributed by atoms with van der Waals surface area (Å²) >= 11 is 0.